The fourth-order valence-electron chi connectivity index (χ4n) is 3.23. The number of aryl methyl sites for hydroxylation is 1. The number of imidazole rings is 1. The Hall–Kier alpha value is -3.81. The summed E-state index contributed by atoms with van der Waals surface area (Å²) in [4.78, 5) is 29.1. The van der Waals surface area contributed by atoms with Gasteiger partial charge in [0.15, 0.2) is 5.76 Å². The molecule has 3 heterocycles. The average molecular weight is 406 g/mol. The van der Waals surface area contributed by atoms with Crippen molar-refractivity contribution < 1.29 is 18.4 Å². The topological polar surface area (TPSA) is 102 Å². The average Bonchev–Trinajstić information content (AvgIpc) is 3.51. The second-order valence-electron chi connectivity index (χ2n) is 6.80. The van der Waals surface area contributed by atoms with Crippen LogP contribution in [0.4, 0.5) is 0 Å². The molecule has 0 aliphatic rings. The molecule has 4 rings (SSSR count). The second kappa shape index (κ2) is 9.13. The third kappa shape index (κ3) is 4.60. The molecule has 0 saturated carbocycles. The highest BCUT2D eigenvalue weighted by atomic mass is 16.3. The lowest BCUT2D eigenvalue weighted by Gasteiger charge is -2.10. The van der Waals surface area contributed by atoms with Crippen LogP contribution in [-0.4, -0.2) is 27.9 Å². The van der Waals surface area contributed by atoms with Crippen molar-refractivity contribution >= 4 is 22.8 Å². The van der Waals surface area contributed by atoms with Crippen molar-refractivity contribution in [2.75, 3.05) is 6.54 Å². The predicted octanol–water partition coefficient (Wildman–Crippen LogP) is 2.90. The third-order valence-corrected chi connectivity index (χ3v) is 4.68. The number of nitrogens with zero attached hydrogens (tertiary/aromatic N) is 2. The Morgan fingerprint density at radius 3 is 2.60 bits per heavy atom. The fraction of sp³-hybridized carbons (Fsp3) is 0.227. The summed E-state index contributed by atoms with van der Waals surface area (Å²) in [5, 5.41) is 5.69. The maximum atomic E-state index is 12.5. The number of fused-ring (bicyclic) bond motifs is 1. The molecule has 30 heavy (non-hydrogen) atoms. The lowest BCUT2D eigenvalue weighted by Crippen LogP contribution is -2.28. The van der Waals surface area contributed by atoms with Gasteiger partial charge >= 0.3 is 0 Å². The highest BCUT2D eigenvalue weighted by Gasteiger charge is 2.14. The molecule has 154 valence electrons. The number of hydrogen-bond donors (Lipinski definition) is 2. The first-order chi connectivity index (χ1) is 14.7. The van der Waals surface area contributed by atoms with Crippen LogP contribution in [0.3, 0.4) is 0 Å². The molecule has 1 aromatic carbocycles. The van der Waals surface area contributed by atoms with E-state index < -0.39 is 0 Å². The Morgan fingerprint density at radius 2 is 1.80 bits per heavy atom. The summed E-state index contributed by atoms with van der Waals surface area (Å²) in [5.41, 5.74) is 1.74. The van der Waals surface area contributed by atoms with Gasteiger partial charge in [0, 0.05) is 13.0 Å². The maximum Gasteiger partial charge on any atom is 0.286 e. The standard InChI is InChI=1S/C22H22N4O4/c27-21(24-14-16-6-4-12-29-16)15-26-18-8-2-1-7-17(18)25-20(26)10-3-11-23-22(28)19-9-5-13-30-19/h1-2,4-9,12-13H,3,10-11,14-15H2,(H,23,28)(H,24,27). The van der Waals surface area contributed by atoms with Crippen molar-refractivity contribution in [3.8, 4) is 0 Å². The first-order valence-electron chi connectivity index (χ1n) is 9.75. The van der Waals surface area contributed by atoms with Crippen LogP contribution in [0.2, 0.25) is 0 Å². The Balaban J connectivity index is 1.38. The van der Waals surface area contributed by atoms with Crippen molar-refractivity contribution in [1.29, 1.82) is 0 Å². The Labute approximate surface area is 172 Å². The number of nitrogens with one attached hydrogen (secondary N) is 2. The highest BCUT2D eigenvalue weighted by molar-refractivity contribution is 5.91. The minimum Gasteiger partial charge on any atom is -0.467 e. The number of carbonyl (C=O) groups excluding carboxylic acids is 2. The molecule has 4 aromatic rings. The molecule has 0 aliphatic carbocycles. The Bertz CT molecular complexity index is 1110. The first kappa shape index (κ1) is 19.5. The van der Waals surface area contributed by atoms with Crippen LogP contribution >= 0.6 is 0 Å². The number of furan rings is 2. The van der Waals surface area contributed by atoms with E-state index in [0.717, 1.165) is 16.9 Å². The fourth-order valence-corrected chi connectivity index (χ4v) is 3.23. The zero-order chi connectivity index (χ0) is 20.8. The number of aromatic nitrogens is 2. The van der Waals surface area contributed by atoms with Crippen molar-refractivity contribution in [3.63, 3.8) is 0 Å². The molecule has 8 nitrogen and oxygen atoms in total. The van der Waals surface area contributed by atoms with Crippen LogP contribution in [0.25, 0.3) is 11.0 Å². The lowest BCUT2D eigenvalue weighted by molar-refractivity contribution is -0.121. The number of benzene rings is 1. The van der Waals surface area contributed by atoms with Gasteiger partial charge in [-0.05, 0) is 42.8 Å². The monoisotopic (exact) mass is 406 g/mol. The molecule has 8 heteroatoms. The summed E-state index contributed by atoms with van der Waals surface area (Å²) in [6.07, 6.45) is 4.35. The summed E-state index contributed by atoms with van der Waals surface area (Å²) in [6.45, 7) is 0.981. The molecule has 2 amide bonds. The van der Waals surface area contributed by atoms with Crippen LogP contribution in [0.5, 0.6) is 0 Å². The molecule has 0 atom stereocenters. The quantitative estimate of drug-likeness (QED) is 0.416. The smallest absolute Gasteiger partial charge is 0.286 e. The molecular weight excluding hydrogens is 384 g/mol. The number of carbonyl (C=O) groups is 2. The van der Waals surface area contributed by atoms with Crippen LogP contribution in [0.1, 0.15) is 28.6 Å². The van der Waals surface area contributed by atoms with Gasteiger partial charge in [-0.3, -0.25) is 9.59 Å². The molecule has 0 aliphatic heterocycles. The summed E-state index contributed by atoms with van der Waals surface area (Å²) < 4.78 is 12.3. The van der Waals surface area contributed by atoms with E-state index in [0.29, 0.717) is 31.7 Å². The van der Waals surface area contributed by atoms with E-state index in [-0.39, 0.29) is 24.1 Å². The SMILES string of the molecule is O=C(Cn1c(CCCNC(=O)c2ccco2)nc2ccccc21)NCc1ccco1. The minimum absolute atomic E-state index is 0.123. The Kier molecular flexibility index (Phi) is 5.93. The zero-order valence-electron chi connectivity index (χ0n) is 16.3. The molecular formula is C22H22N4O4. The van der Waals surface area contributed by atoms with E-state index >= 15 is 0 Å². The van der Waals surface area contributed by atoms with Gasteiger partial charge in [0.1, 0.15) is 18.1 Å². The predicted molar refractivity (Wildman–Crippen MR) is 110 cm³/mol. The normalized spacial score (nSPS) is 10.9. The molecule has 2 N–H and O–H groups in total. The van der Waals surface area contributed by atoms with Gasteiger partial charge in [-0.1, -0.05) is 12.1 Å². The summed E-state index contributed by atoms with van der Waals surface area (Å²) in [5.74, 6) is 1.42. The molecule has 0 radical (unpaired) electrons. The lowest BCUT2D eigenvalue weighted by atomic mass is 10.3. The van der Waals surface area contributed by atoms with E-state index in [2.05, 4.69) is 15.6 Å². The van der Waals surface area contributed by atoms with Crippen LogP contribution in [-0.2, 0) is 24.3 Å². The summed E-state index contributed by atoms with van der Waals surface area (Å²) >= 11 is 0. The maximum absolute atomic E-state index is 12.5. The van der Waals surface area contributed by atoms with Crippen LogP contribution in [0, 0.1) is 0 Å². The van der Waals surface area contributed by atoms with Crippen molar-refractivity contribution in [1.82, 2.24) is 20.2 Å². The van der Waals surface area contributed by atoms with Gasteiger partial charge in [0.25, 0.3) is 5.91 Å². The number of amides is 2. The second-order valence-corrected chi connectivity index (χ2v) is 6.80. The molecule has 0 unspecified atom stereocenters. The number of hydrogen-bond acceptors (Lipinski definition) is 5. The molecule has 0 fully saturated rings. The number of para-hydroxylation sites is 2. The van der Waals surface area contributed by atoms with Gasteiger partial charge < -0.3 is 24.0 Å². The summed E-state index contributed by atoms with van der Waals surface area (Å²) in [7, 11) is 0. The van der Waals surface area contributed by atoms with E-state index in [1.807, 2.05) is 34.9 Å². The van der Waals surface area contributed by atoms with Crippen molar-refractivity contribution in [3.05, 3.63) is 78.4 Å². The van der Waals surface area contributed by atoms with E-state index in [1.165, 1.54) is 6.26 Å². The zero-order valence-corrected chi connectivity index (χ0v) is 16.3. The molecule has 0 bridgehead atoms. The largest absolute Gasteiger partial charge is 0.467 e. The highest BCUT2D eigenvalue weighted by Crippen LogP contribution is 2.17. The Morgan fingerprint density at radius 1 is 0.967 bits per heavy atom. The van der Waals surface area contributed by atoms with Gasteiger partial charge in [-0.25, -0.2) is 4.98 Å². The van der Waals surface area contributed by atoms with Gasteiger partial charge in [0.2, 0.25) is 5.91 Å². The summed E-state index contributed by atoms with van der Waals surface area (Å²) in [6, 6.07) is 14.6. The van der Waals surface area contributed by atoms with E-state index in [4.69, 9.17) is 8.83 Å². The van der Waals surface area contributed by atoms with Gasteiger partial charge in [0.05, 0.1) is 30.1 Å². The van der Waals surface area contributed by atoms with Crippen molar-refractivity contribution in [2.45, 2.75) is 25.9 Å². The molecule has 0 spiro atoms. The van der Waals surface area contributed by atoms with Gasteiger partial charge in [-0.15, -0.1) is 0 Å². The van der Waals surface area contributed by atoms with E-state index in [9.17, 15) is 9.59 Å². The van der Waals surface area contributed by atoms with Crippen molar-refractivity contribution in [2.24, 2.45) is 0 Å². The first-order valence-corrected chi connectivity index (χ1v) is 9.75. The van der Waals surface area contributed by atoms with Crippen LogP contribution in [0.15, 0.2) is 69.9 Å². The van der Waals surface area contributed by atoms with Crippen LogP contribution < -0.4 is 10.6 Å². The molecule has 3 aromatic heterocycles. The van der Waals surface area contributed by atoms with Gasteiger partial charge in [-0.2, -0.15) is 0 Å². The number of rotatable bonds is 9. The molecule has 0 saturated heterocycles. The van der Waals surface area contributed by atoms with E-state index in [1.54, 1.807) is 24.5 Å². The minimum atomic E-state index is -0.245. The third-order valence-electron chi connectivity index (χ3n) is 4.68.